The molecule has 0 bridgehead atoms. The van der Waals surface area contributed by atoms with Crippen molar-refractivity contribution in [2.24, 2.45) is 5.73 Å². The Labute approximate surface area is 166 Å². The van der Waals surface area contributed by atoms with Crippen LogP contribution in [0.15, 0.2) is 36.5 Å². The molecule has 0 unspecified atom stereocenters. The Morgan fingerprint density at radius 2 is 1.97 bits per heavy atom. The molecule has 152 valence electrons. The number of nitrogens with one attached hydrogen (secondary N) is 1. The lowest BCUT2D eigenvalue weighted by Crippen LogP contribution is -2.44. The molecule has 3 N–H and O–H groups in total. The average molecular weight is 400 g/mol. The van der Waals surface area contributed by atoms with Crippen LogP contribution < -0.4 is 15.8 Å². The van der Waals surface area contributed by atoms with E-state index in [1.165, 1.54) is 36.4 Å². The van der Waals surface area contributed by atoms with E-state index in [4.69, 9.17) is 10.5 Å². The minimum Gasteiger partial charge on any atom is -0.480 e. The summed E-state index contributed by atoms with van der Waals surface area (Å²) in [5.41, 5.74) is 6.19. The Kier molecular flexibility index (Phi) is 6.06. The number of ether oxygens (including phenoxy) is 1. The van der Waals surface area contributed by atoms with Gasteiger partial charge in [0.2, 0.25) is 5.88 Å². The Bertz CT molecular complexity index is 933. The number of carbonyl (C=O) groups is 3. The molecule has 8 nitrogen and oxygen atoms in total. The van der Waals surface area contributed by atoms with Crippen molar-refractivity contribution >= 4 is 23.4 Å². The van der Waals surface area contributed by atoms with Crippen molar-refractivity contribution in [3.05, 3.63) is 53.5 Å². The van der Waals surface area contributed by atoms with Crippen LogP contribution in [0, 0.1) is 5.82 Å². The van der Waals surface area contributed by atoms with Crippen LogP contribution in [0.4, 0.5) is 10.1 Å². The van der Waals surface area contributed by atoms with E-state index in [2.05, 4.69) is 10.3 Å². The van der Waals surface area contributed by atoms with E-state index in [9.17, 15) is 18.8 Å². The van der Waals surface area contributed by atoms with E-state index in [0.717, 1.165) is 18.4 Å². The zero-order valence-electron chi connectivity index (χ0n) is 15.9. The Balaban J connectivity index is 1.78. The van der Waals surface area contributed by atoms with Crippen LogP contribution in [0.5, 0.6) is 5.88 Å². The number of halogens is 1. The first-order valence-electron chi connectivity index (χ1n) is 9.12. The highest BCUT2D eigenvalue weighted by Crippen LogP contribution is 2.31. The lowest BCUT2D eigenvalue weighted by molar-refractivity contribution is -0.145. The molecule has 29 heavy (non-hydrogen) atoms. The van der Waals surface area contributed by atoms with Gasteiger partial charge in [-0.2, -0.15) is 0 Å². The minimum atomic E-state index is -0.860. The monoisotopic (exact) mass is 400 g/mol. The van der Waals surface area contributed by atoms with Gasteiger partial charge in [-0.3, -0.25) is 14.4 Å². The van der Waals surface area contributed by atoms with E-state index >= 15 is 0 Å². The number of likely N-dealkylation sites (tertiary alicyclic amines) is 1. The van der Waals surface area contributed by atoms with Gasteiger partial charge in [-0.05, 0) is 43.0 Å². The number of primary amides is 1. The van der Waals surface area contributed by atoms with E-state index in [1.807, 2.05) is 0 Å². The fourth-order valence-electron chi connectivity index (χ4n) is 3.38. The molecule has 1 atom stereocenters. The van der Waals surface area contributed by atoms with Crippen LogP contribution in [-0.2, 0) is 9.59 Å². The largest absolute Gasteiger partial charge is 0.480 e. The molecule has 1 aliphatic rings. The summed E-state index contributed by atoms with van der Waals surface area (Å²) in [5, 5.41) is 2.45. The first-order valence-corrected chi connectivity index (χ1v) is 9.12. The smallest absolute Gasteiger partial charge is 0.313 e. The van der Waals surface area contributed by atoms with Gasteiger partial charge < -0.3 is 20.7 Å². The van der Waals surface area contributed by atoms with E-state index in [1.54, 1.807) is 12.1 Å². The summed E-state index contributed by atoms with van der Waals surface area (Å²) in [6.07, 6.45) is 3.62. The number of pyridine rings is 1. The van der Waals surface area contributed by atoms with Gasteiger partial charge in [0.25, 0.3) is 5.91 Å². The van der Waals surface area contributed by atoms with Gasteiger partial charge in [0.15, 0.2) is 0 Å². The number of nitrogens with two attached hydrogens (primary N) is 1. The fraction of sp³-hybridized carbons (Fsp3) is 0.300. The average Bonchev–Trinajstić information content (AvgIpc) is 2.73. The topological polar surface area (TPSA) is 115 Å². The molecule has 2 aromatic rings. The number of hydrogen-bond donors (Lipinski definition) is 2. The second-order valence-electron chi connectivity index (χ2n) is 6.66. The van der Waals surface area contributed by atoms with Gasteiger partial charge in [0, 0.05) is 6.54 Å². The minimum absolute atomic E-state index is 0.0140. The molecule has 9 heteroatoms. The fourth-order valence-corrected chi connectivity index (χ4v) is 3.38. The zero-order chi connectivity index (χ0) is 21.0. The highest BCUT2D eigenvalue weighted by molar-refractivity contribution is 6.39. The first-order chi connectivity index (χ1) is 13.9. The number of methoxy groups -OCH3 is 1. The van der Waals surface area contributed by atoms with Crippen LogP contribution in [-0.4, -0.2) is 41.3 Å². The third kappa shape index (κ3) is 4.50. The first kappa shape index (κ1) is 20.2. The van der Waals surface area contributed by atoms with Gasteiger partial charge in [-0.1, -0.05) is 12.1 Å². The van der Waals surface area contributed by atoms with Crippen molar-refractivity contribution in [2.45, 2.75) is 25.3 Å². The number of piperidine rings is 1. The molecule has 0 radical (unpaired) electrons. The standard InChI is InChI=1S/C20H21FN4O4/c1-29-19-15(17(22)26)10-14(11-23-19)24-18(27)20(28)25-9-3-2-4-16(25)12-5-7-13(21)8-6-12/h5-8,10-11,16H,2-4,9H2,1H3,(H2,22,26)(H,24,27)/t16-/m0/s1. The summed E-state index contributed by atoms with van der Waals surface area (Å²) in [5.74, 6) is -2.69. The van der Waals surface area contributed by atoms with Gasteiger partial charge in [0.1, 0.15) is 11.4 Å². The molecule has 0 spiro atoms. The Morgan fingerprint density at radius 3 is 2.62 bits per heavy atom. The van der Waals surface area contributed by atoms with Crippen LogP contribution in [0.3, 0.4) is 0 Å². The predicted molar refractivity (Wildman–Crippen MR) is 103 cm³/mol. The second kappa shape index (κ2) is 8.68. The van der Waals surface area contributed by atoms with Crippen molar-refractivity contribution in [1.29, 1.82) is 0 Å². The highest BCUT2D eigenvalue weighted by atomic mass is 19.1. The number of hydrogen-bond acceptors (Lipinski definition) is 5. The molecule has 0 aliphatic carbocycles. The molecule has 1 saturated heterocycles. The van der Waals surface area contributed by atoms with Crippen LogP contribution >= 0.6 is 0 Å². The second-order valence-corrected chi connectivity index (χ2v) is 6.66. The molecule has 3 amide bonds. The van der Waals surface area contributed by atoms with Crippen molar-refractivity contribution in [3.63, 3.8) is 0 Å². The maximum Gasteiger partial charge on any atom is 0.313 e. The van der Waals surface area contributed by atoms with E-state index < -0.39 is 17.7 Å². The number of aromatic nitrogens is 1. The van der Waals surface area contributed by atoms with Gasteiger partial charge >= 0.3 is 11.8 Å². The van der Waals surface area contributed by atoms with Gasteiger partial charge in [-0.15, -0.1) is 0 Å². The molecule has 2 heterocycles. The molecule has 1 aromatic heterocycles. The summed E-state index contributed by atoms with van der Waals surface area (Å²) < 4.78 is 18.2. The predicted octanol–water partition coefficient (Wildman–Crippen LogP) is 2.02. The number of nitrogens with zero attached hydrogens (tertiary/aromatic N) is 2. The lowest BCUT2D eigenvalue weighted by atomic mass is 9.95. The van der Waals surface area contributed by atoms with Gasteiger partial charge in [-0.25, -0.2) is 9.37 Å². The SMILES string of the molecule is COc1ncc(NC(=O)C(=O)N2CCCC[C@H]2c2ccc(F)cc2)cc1C(N)=O. The molecule has 1 fully saturated rings. The number of anilines is 1. The van der Waals surface area contributed by atoms with Crippen molar-refractivity contribution < 1.29 is 23.5 Å². The number of carbonyl (C=O) groups excluding carboxylic acids is 3. The maximum absolute atomic E-state index is 13.2. The molecular weight excluding hydrogens is 379 g/mol. The number of rotatable bonds is 4. The third-order valence-corrected chi connectivity index (χ3v) is 4.78. The normalized spacial score (nSPS) is 16.2. The summed E-state index contributed by atoms with van der Waals surface area (Å²) in [6.45, 7) is 0.418. The number of amides is 3. The van der Waals surface area contributed by atoms with Crippen molar-refractivity contribution in [2.75, 3.05) is 19.0 Å². The van der Waals surface area contributed by atoms with Crippen LogP contribution in [0.25, 0.3) is 0 Å². The molecular formula is C20H21FN4O4. The Morgan fingerprint density at radius 1 is 1.24 bits per heavy atom. The molecule has 1 aliphatic heterocycles. The summed E-state index contributed by atoms with van der Waals surface area (Å²) in [6, 6.07) is 6.90. The quantitative estimate of drug-likeness (QED) is 0.762. The molecule has 3 rings (SSSR count). The third-order valence-electron chi connectivity index (χ3n) is 4.78. The Hall–Kier alpha value is -3.49. The van der Waals surface area contributed by atoms with Crippen molar-refractivity contribution in [3.8, 4) is 5.88 Å². The van der Waals surface area contributed by atoms with E-state index in [0.29, 0.717) is 13.0 Å². The van der Waals surface area contributed by atoms with Crippen molar-refractivity contribution in [1.82, 2.24) is 9.88 Å². The number of benzene rings is 1. The highest BCUT2D eigenvalue weighted by Gasteiger charge is 2.32. The van der Waals surface area contributed by atoms with Crippen LogP contribution in [0.1, 0.15) is 41.2 Å². The van der Waals surface area contributed by atoms with Crippen LogP contribution in [0.2, 0.25) is 0 Å². The summed E-state index contributed by atoms with van der Waals surface area (Å²) in [7, 11) is 1.34. The zero-order valence-corrected chi connectivity index (χ0v) is 15.9. The van der Waals surface area contributed by atoms with E-state index in [-0.39, 0.29) is 29.0 Å². The summed E-state index contributed by atoms with van der Waals surface area (Å²) in [4.78, 5) is 42.3. The molecule has 0 saturated carbocycles. The molecule has 1 aromatic carbocycles. The summed E-state index contributed by atoms with van der Waals surface area (Å²) >= 11 is 0. The lowest BCUT2D eigenvalue weighted by Gasteiger charge is -2.35. The maximum atomic E-state index is 13.2. The van der Waals surface area contributed by atoms with Gasteiger partial charge in [0.05, 0.1) is 25.0 Å².